The van der Waals surface area contributed by atoms with Gasteiger partial charge in [0, 0.05) is 36.6 Å². The predicted molar refractivity (Wildman–Crippen MR) is 118 cm³/mol. The summed E-state index contributed by atoms with van der Waals surface area (Å²) in [5.41, 5.74) is 3.22. The van der Waals surface area contributed by atoms with E-state index in [9.17, 15) is 13.2 Å². The lowest BCUT2D eigenvalue weighted by atomic mass is 10.2. The van der Waals surface area contributed by atoms with Crippen molar-refractivity contribution >= 4 is 5.69 Å². The molecule has 172 valence electrons. The maximum Gasteiger partial charge on any atom is 0.573 e. The lowest BCUT2D eigenvalue weighted by molar-refractivity contribution is -0.274. The van der Waals surface area contributed by atoms with Gasteiger partial charge in [-0.25, -0.2) is 4.98 Å². The van der Waals surface area contributed by atoms with E-state index in [0.717, 1.165) is 42.7 Å². The van der Waals surface area contributed by atoms with Gasteiger partial charge in [0.05, 0.1) is 6.67 Å². The molecule has 0 atom stereocenters. The van der Waals surface area contributed by atoms with Crippen LogP contribution in [0.15, 0.2) is 72.9 Å². The summed E-state index contributed by atoms with van der Waals surface area (Å²) in [6.07, 6.45) is -0.691. The molecule has 2 heterocycles. The Hall–Kier alpha value is -3.26. The van der Waals surface area contributed by atoms with E-state index in [2.05, 4.69) is 19.5 Å². The molecule has 0 unspecified atom stereocenters. The summed E-state index contributed by atoms with van der Waals surface area (Å²) < 4.78 is 47.1. The SMILES string of the molecule is FC(F)(F)Oc1ccc(N2CN(Cc3ccnc(OCc4ccccc4)c3)C3(CC3)C2)cc1. The zero-order valence-electron chi connectivity index (χ0n) is 18.0. The van der Waals surface area contributed by atoms with Crippen LogP contribution in [-0.4, -0.2) is 35.0 Å². The van der Waals surface area contributed by atoms with E-state index in [1.54, 1.807) is 18.3 Å². The minimum Gasteiger partial charge on any atom is -0.473 e. The Kier molecular flexibility index (Phi) is 5.62. The fourth-order valence-electron chi connectivity index (χ4n) is 4.31. The average Bonchev–Trinajstić information content (AvgIpc) is 3.49. The van der Waals surface area contributed by atoms with Crippen molar-refractivity contribution in [2.45, 2.75) is 37.9 Å². The maximum atomic E-state index is 12.4. The summed E-state index contributed by atoms with van der Waals surface area (Å²) in [5.74, 6) is 0.390. The van der Waals surface area contributed by atoms with Crippen LogP contribution in [0.4, 0.5) is 18.9 Å². The fourth-order valence-corrected chi connectivity index (χ4v) is 4.31. The van der Waals surface area contributed by atoms with Crippen molar-refractivity contribution in [3.05, 3.63) is 84.1 Å². The van der Waals surface area contributed by atoms with Crippen molar-refractivity contribution in [1.29, 1.82) is 0 Å². The van der Waals surface area contributed by atoms with E-state index in [-0.39, 0.29) is 11.3 Å². The number of rotatable bonds is 7. The molecule has 1 spiro atoms. The Balaban J connectivity index is 1.23. The van der Waals surface area contributed by atoms with Gasteiger partial charge in [0.15, 0.2) is 0 Å². The smallest absolute Gasteiger partial charge is 0.473 e. The first kappa shape index (κ1) is 21.6. The van der Waals surface area contributed by atoms with Gasteiger partial charge in [0.1, 0.15) is 12.4 Å². The zero-order chi connectivity index (χ0) is 22.9. The van der Waals surface area contributed by atoms with Gasteiger partial charge < -0.3 is 14.4 Å². The van der Waals surface area contributed by atoms with Gasteiger partial charge in [0.2, 0.25) is 5.88 Å². The Morgan fingerprint density at radius 1 is 0.939 bits per heavy atom. The first-order valence-corrected chi connectivity index (χ1v) is 10.9. The summed E-state index contributed by atoms with van der Waals surface area (Å²) in [6, 6.07) is 20.0. The molecule has 8 heteroatoms. The van der Waals surface area contributed by atoms with Crippen LogP contribution < -0.4 is 14.4 Å². The highest BCUT2D eigenvalue weighted by atomic mass is 19.4. The standard InChI is InChI=1S/C25H24F3N3O2/c26-25(27,28)33-22-8-6-21(7-9-22)30-17-24(11-12-24)31(18-30)15-20-10-13-29-23(14-20)32-16-19-4-2-1-3-5-19/h1-10,13-14H,11-12,15-18H2. The lowest BCUT2D eigenvalue weighted by Gasteiger charge is -2.23. The van der Waals surface area contributed by atoms with Crippen LogP contribution in [0.1, 0.15) is 24.0 Å². The van der Waals surface area contributed by atoms with Crippen molar-refractivity contribution in [3.63, 3.8) is 0 Å². The third-order valence-electron chi connectivity index (χ3n) is 6.16. The first-order valence-electron chi connectivity index (χ1n) is 10.9. The Bertz CT molecular complexity index is 1090. The first-order chi connectivity index (χ1) is 15.9. The summed E-state index contributed by atoms with van der Waals surface area (Å²) in [4.78, 5) is 8.97. The van der Waals surface area contributed by atoms with Crippen LogP contribution in [0, 0.1) is 0 Å². The molecule has 2 fully saturated rings. The molecule has 0 N–H and O–H groups in total. The molecule has 1 aliphatic carbocycles. The van der Waals surface area contributed by atoms with Crippen LogP contribution in [-0.2, 0) is 13.2 Å². The number of ether oxygens (including phenoxy) is 2. The lowest BCUT2D eigenvalue weighted by Crippen LogP contribution is -2.32. The number of hydrogen-bond acceptors (Lipinski definition) is 5. The molecule has 2 aliphatic rings. The molecule has 33 heavy (non-hydrogen) atoms. The number of nitrogens with zero attached hydrogens (tertiary/aromatic N) is 3. The third kappa shape index (κ3) is 5.22. The number of anilines is 1. The van der Waals surface area contributed by atoms with Gasteiger partial charge in [0.25, 0.3) is 0 Å². The minimum atomic E-state index is -4.68. The molecule has 0 radical (unpaired) electrons. The Morgan fingerprint density at radius 2 is 1.70 bits per heavy atom. The number of aromatic nitrogens is 1. The van der Waals surface area contributed by atoms with E-state index in [1.807, 2.05) is 42.5 Å². The molecular formula is C25H24F3N3O2. The van der Waals surface area contributed by atoms with Gasteiger partial charge in [-0.2, -0.15) is 0 Å². The van der Waals surface area contributed by atoms with Gasteiger partial charge in [-0.3, -0.25) is 4.90 Å². The highest BCUT2D eigenvalue weighted by Gasteiger charge is 2.53. The minimum absolute atomic E-state index is 0.121. The molecule has 1 aliphatic heterocycles. The number of hydrogen-bond donors (Lipinski definition) is 0. The topological polar surface area (TPSA) is 37.8 Å². The van der Waals surface area contributed by atoms with Crippen LogP contribution in [0.2, 0.25) is 0 Å². The van der Waals surface area contributed by atoms with Crippen molar-refractivity contribution in [2.75, 3.05) is 18.1 Å². The number of alkyl halides is 3. The average molecular weight is 455 g/mol. The molecule has 1 saturated carbocycles. The summed E-state index contributed by atoms with van der Waals surface area (Å²) in [5, 5.41) is 0. The van der Waals surface area contributed by atoms with E-state index in [4.69, 9.17) is 4.74 Å². The second kappa shape index (κ2) is 8.59. The fraction of sp³-hybridized carbons (Fsp3) is 0.320. The van der Waals surface area contributed by atoms with Crippen LogP contribution in [0.5, 0.6) is 11.6 Å². The number of benzene rings is 2. The van der Waals surface area contributed by atoms with Crippen molar-refractivity contribution in [3.8, 4) is 11.6 Å². The van der Waals surface area contributed by atoms with E-state index in [1.165, 1.54) is 12.1 Å². The van der Waals surface area contributed by atoms with Crippen molar-refractivity contribution in [1.82, 2.24) is 9.88 Å². The molecule has 5 rings (SSSR count). The van der Waals surface area contributed by atoms with E-state index in [0.29, 0.717) is 19.2 Å². The second-order valence-corrected chi connectivity index (χ2v) is 8.58. The molecular weight excluding hydrogens is 431 g/mol. The second-order valence-electron chi connectivity index (χ2n) is 8.58. The summed E-state index contributed by atoms with van der Waals surface area (Å²) in [6.45, 7) is 2.79. The molecule has 2 aromatic carbocycles. The normalized spacial score (nSPS) is 17.4. The van der Waals surface area contributed by atoms with Gasteiger partial charge in [-0.05, 0) is 54.3 Å². The predicted octanol–water partition coefficient (Wildman–Crippen LogP) is 5.37. The highest BCUT2D eigenvalue weighted by Crippen LogP contribution is 2.48. The van der Waals surface area contributed by atoms with Crippen molar-refractivity contribution < 1.29 is 22.6 Å². The molecule has 0 bridgehead atoms. The summed E-state index contributed by atoms with van der Waals surface area (Å²) >= 11 is 0. The molecule has 0 amide bonds. The monoisotopic (exact) mass is 455 g/mol. The quantitative estimate of drug-likeness (QED) is 0.479. The van der Waals surface area contributed by atoms with Gasteiger partial charge in [-0.1, -0.05) is 30.3 Å². The third-order valence-corrected chi connectivity index (χ3v) is 6.16. The van der Waals surface area contributed by atoms with Gasteiger partial charge >= 0.3 is 6.36 Å². The number of pyridine rings is 1. The zero-order valence-corrected chi connectivity index (χ0v) is 18.0. The maximum absolute atomic E-state index is 12.4. The molecule has 1 saturated heterocycles. The molecule has 1 aromatic heterocycles. The largest absolute Gasteiger partial charge is 0.573 e. The van der Waals surface area contributed by atoms with E-state index < -0.39 is 6.36 Å². The van der Waals surface area contributed by atoms with E-state index >= 15 is 0 Å². The highest BCUT2D eigenvalue weighted by molar-refractivity contribution is 5.51. The Labute approximate surface area is 190 Å². The van der Waals surface area contributed by atoms with Crippen LogP contribution in [0.25, 0.3) is 0 Å². The van der Waals surface area contributed by atoms with Gasteiger partial charge in [-0.15, -0.1) is 13.2 Å². The molecule has 5 nitrogen and oxygen atoms in total. The molecule has 3 aromatic rings. The van der Waals surface area contributed by atoms with Crippen LogP contribution in [0.3, 0.4) is 0 Å². The van der Waals surface area contributed by atoms with Crippen LogP contribution >= 0.6 is 0 Å². The summed E-state index contributed by atoms with van der Waals surface area (Å²) in [7, 11) is 0. The Morgan fingerprint density at radius 3 is 2.39 bits per heavy atom. The number of halogens is 3. The van der Waals surface area contributed by atoms with Crippen molar-refractivity contribution in [2.24, 2.45) is 0 Å².